The standard InChI is InChI=1S/C20H24N2O3S/c1-15(16-8-3-2-4-9-16)21-20(23)17-10-7-13-19(14-17)26(24,25)22-18-11-5-6-12-18/h2-4,7-10,13-15,18,22H,5-6,11-12H2,1H3,(H,21,23). The number of carbonyl (C=O) groups is 1. The molecule has 1 atom stereocenters. The molecule has 1 aliphatic carbocycles. The van der Waals surface area contributed by atoms with Crippen LogP contribution in [-0.4, -0.2) is 20.4 Å². The lowest BCUT2D eigenvalue weighted by Crippen LogP contribution is -2.33. The molecule has 0 radical (unpaired) electrons. The maximum Gasteiger partial charge on any atom is 0.251 e. The molecule has 0 bridgehead atoms. The molecule has 1 aliphatic rings. The van der Waals surface area contributed by atoms with Gasteiger partial charge in [0.25, 0.3) is 5.91 Å². The van der Waals surface area contributed by atoms with Crippen molar-refractivity contribution < 1.29 is 13.2 Å². The van der Waals surface area contributed by atoms with E-state index in [2.05, 4.69) is 10.0 Å². The minimum absolute atomic E-state index is 0.00409. The highest BCUT2D eigenvalue weighted by Gasteiger charge is 2.23. The lowest BCUT2D eigenvalue weighted by atomic mass is 10.1. The molecule has 0 saturated heterocycles. The average molecular weight is 372 g/mol. The van der Waals surface area contributed by atoms with Crippen molar-refractivity contribution in [3.8, 4) is 0 Å². The average Bonchev–Trinajstić information content (AvgIpc) is 3.15. The number of rotatable bonds is 6. The van der Waals surface area contributed by atoms with E-state index in [1.54, 1.807) is 12.1 Å². The molecule has 1 amide bonds. The summed E-state index contributed by atoms with van der Waals surface area (Å²) >= 11 is 0. The van der Waals surface area contributed by atoms with E-state index in [4.69, 9.17) is 0 Å². The molecule has 2 aromatic carbocycles. The summed E-state index contributed by atoms with van der Waals surface area (Å²) in [7, 11) is -3.61. The largest absolute Gasteiger partial charge is 0.346 e. The summed E-state index contributed by atoms with van der Waals surface area (Å²) < 4.78 is 27.9. The number of benzene rings is 2. The Hall–Kier alpha value is -2.18. The van der Waals surface area contributed by atoms with Crippen molar-refractivity contribution in [3.63, 3.8) is 0 Å². The molecule has 1 saturated carbocycles. The molecule has 2 aromatic rings. The lowest BCUT2D eigenvalue weighted by Gasteiger charge is -2.15. The SMILES string of the molecule is CC(NC(=O)c1cccc(S(=O)(=O)NC2CCCC2)c1)c1ccccc1. The van der Waals surface area contributed by atoms with Crippen molar-refractivity contribution in [2.24, 2.45) is 0 Å². The molecule has 5 nitrogen and oxygen atoms in total. The number of nitrogens with one attached hydrogen (secondary N) is 2. The molecule has 1 unspecified atom stereocenters. The van der Waals surface area contributed by atoms with Gasteiger partial charge in [0.05, 0.1) is 10.9 Å². The predicted molar refractivity (Wildman–Crippen MR) is 101 cm³/mol. The Morgan fingerprint density at radius 3 is 2.42 bits per heavy atom. The van der Waals surface area contributed by atoms with Crippen molar-refractivity contribution >= 4 is 15.9 Å². The van der Waals surface area contributed by atoms with Crippen LogP contribution in [0.4, 0.5) is 0 Å². The minimum Gasteiger partial charge on any atom is -0.346 e. The number of sulfonamides is 1. The summed E-state index contributed by atoms with van der Waals surface area (Å²) in [5.74, 6) is -0.292. The molecule has 0 aromatic heterocycles. The highest BCUT2D eigenvalue weighted by atomic mass is 32.2. The third kappa shape index (κ3) is 4.51. The van der Waals surface area contributed by atoms with Crippen LogP contribution in [0.3, 0.4) is 0 Å². The van der Waals surface area contributed by atoms with Crippen LogP contribution in [0.5, 0.6) is 0 Å². The van der Waals surface area contributed by atoms with Crippen molar-refractivity contribution in [1.29, 1.82) is 0 Å². The van der Waals surface area contributed by atoms with Crippen molar-refractivity contribution in [1.82, 2.24) is 10.0 Å². The zero-order valence-corrected chi connectivity index (χ0v) is 15.6. The molecule has 1 fully saturated rings. The van der Waals surface area contributed by atoms with E-state index >= 15 is 0 Å². The summed E-state index contributed by atoms with van der Waals surface area (Å²) in [4.78, 5) is 12.7. The molecule has 138 valence electrons. The minimum atomic E-state index is -3.61. The highest BCUT2D eigenvalue weighted by Crippen LogP contribution is 2.21. The first-order valence-electron chi connectivity index (χ1n) is 8.94. The van der Waals surface area contributed by atoms with Crippen molar-refractivity contribution in [2.75, 3.05) is 0 Å². The van der Waals surface area contributed by atoms with Gasteiger partial charge in [0, 0.05) is 11.6 Å². The zero-order chi connectivity index (χ0) is 18.6. The maximum atomic E-state index is 12.6. The van der Waals surface area contributed by atoms with E-state index in [1.165, 1.54) is 12.1 Å². The first-order valence-corrected chi connectivity index (χ1v) is 10.4. The fourth-order valence-electron chi connectivity index (χ4n) is 3.24. The van der Waals surface area contributed by atoms with Gasteiger partial charge in [-0.15, -0.1) is 0 Å². The second kappa shape index (κ2) is 8.01. The summed E-state index contributed by atoms with van der Waals surface area (Å²) in [5.41, 5.74) is 1.33. The summed E-state index contributed by atoms with van der Waals surface area (Å²) in [6, 6.07) is 15.7. The summed E-state index contributed by atoms with van der Waals surface area (Å²) in [6.07, 6.45) is 3.84. The lowest BCUT2D eigenvalue weighted by molar-refractivity contribution is 0.0939. The van der Waals surface area contributed by atoms with Crippen LogP contribution in [0.25, 0.3) is 0 Å². The van der Waals surface area contributed by atoms with Gasteiger partial charge in [-0.1, -0.05) is 49.2 Å². The van der Waals surface area contributed by atoms with Crippen molar-refractivity contribution in [3.05, 3.63) is 65.7 Å². The fourth-order valence-corrected chi connectivity index (χ4v) is 4.59. The third-order valence-electron chi connectivity index (χ3n) is 4.73. The Morgan fingerprint density at radius 2 is 1.73 bits per heavy atom. The van der Waals surface area contributed by atoms with E-state index in [-0.39, 0.29) is 22.9 Å². The van der Waals surface area contributed by atoms with Gasteiger partial charge in [0.1, 0.15) is 0 Å². The fraction of sp³-hybridized carbons (Fsp3) is 0.350. The topological polar surface area (TPSA) is 75.3 Å². The van der Waals surface area contributed by atoms with E-state index in [0.717, 1.165) is 31.2 Å². The summed E-state index contributed by atoms with van der Waals surface area (Å²) in [6.45, 7) is 1.90. The van der Waals surface area contributed by atoms with Gasteiger partial charge in [-0.05, 0) is 43.5 Å². The van der Waals surface area contributed by atoms with E-state index in [1.807, 2.05) is 37.3 Å². The predicted octanol–water partition coefficient (Wildman–Crippen LogP) is 3.40. The Labute approximate surface area is 154 Å². The molecule has 3 rings (SSSR count). The third-order valence-corrected chi connectivity index (χ3v) is 6.25. The van der Waals surface area contributed by atoms with Crippen molar-refractivity contribution in [2.45, 2.75) is 49.6 Å². The monoisotopic (exact) mass is 372 g/mol. The molecule has 0 spiro atoms. The van der Waals surface area contributed by atoms with Crippen LogP contribution in [0, 0.1) is 0 Å². The quantitative estimate of drug-likeness (QED) is 0.816. The molecular formula is C20H24N2O3S. The Bertz CT molecular complexity index is 860. The van der Waals surface area contributed by atoms with Crippen LogP contribution < -0.4 is 10.0 Å². The van der Waals surface area contributed by atoms with Gasteiger partial charge in [0.2, 0.25) is 10.0 Å². The Morgan fingerprint density at radius 1 is 1.04 bits per heavy atom. The van der Waals surface area contributed by atoms with Gasteiger partial charge in [-0.3, -0.25) is 4.79 Å². The smallest absolute Gasteiger partial charge is 0.251 e. The van der Waals surface area contributed by atoms with Crippen LogP contribution >= 0.6 is 0 Å². The van der Waals surface area contributed by atoms with Crippen LogP contribution in [0.2, 0.25) is 0 Å². The molecule has 6 heteroatoms. The number of hydrogen-bond acceptors (Lipinski definition) is 3. The molecule has 2 N–H and O–H groups in total. The molecule has 0 heterocycles. The Balaban J connectivity index is 1.73. The van der Waals surface area contributed by atoms with Gasteiger partial charge in [0.15, 0.2) is 0 Å². The van der Waals surface area contributed by atoms with E-state index in [9.17, 15) is 13.2 Å². The van der Waals surface area contributed by atoms with Gasteiger partial charge in [-0.25, -0.2) is 13.1 Å². The zero-order valence-electron chi connectivity index (χ0n) is 14.8. The normalized spacial score (nSPS) is 16.3. The van der Waals surface area contributed by atoms with Gasteiger partial charge >= 0.3 is 0 Å². The highest BCUT2D eigenvalue weighted by molar-refractivity contribution is 7.89. The number of hydrogen-bond donors (Lipinski definition) is 2. The maximum absolute atomic E-state index is 12.6. The van der Waals surface area contributed by atoms with Gasteiger partial charge in [-0.2, -0.15) is 0 Å². The molecule has 0 aliphatic heterocycles. The molecule has 26 heavy (non-hydrogen) atoms. The van der Waals surface area contributed by atoms with Crippen LogP contribution in [-0.2, 0) is 10.0 Å². The van der Waals surface area contributed by atoms with E-state index in [0.29, 0.717) is 5.56 Å². The second-order valence-corrected chi connectivity index (χ2v) is 8.45. The van der Waals surface area contributed by atoms with Crippen LogP contribution in [0.1, 0.15) is 54.6 Å². The molecular weight excluding hydrogens is 348 g/mol. The number of amides is 1. The first-order chi connectivity index (χ1) is 12.5. The first kappa shape index (κ1) is 18.6. The summed E-state index contributed by atoms with van der Waals surface area (Å²) in [5, 5.41) is 2.91. The number of carbonyl (C=O) groups excluding carboxylic acids is 1. The van der Waals surface area contributed by atoms with Crippen LogP contribution in [0.15, 0.2) is 59.5 Å². The Kier molecular flexibility index (Phi) is 5.74. The van der Waals surface area contributed by atoms with E-state index < -0.39 is 10.0 Å². The van der Waals surface area contributed by atoms with Gasteiger partial charge < -0.3 is 5.32 Å². The second-order valence-electron chi connectivity index (χ2n) is 6.74.